The molecule has 0 radical (unpaired) electrons. The molecule has 0 bridgehead atoms. The van der Waals surface area contributed by atoms with Gasteiger partial charge in [0.15, 0.2) is 5.65 Å². The molecule has 3 aromatic heterocycles. The van der Waals surface area contributed by atoms with E-state index >= 15 is 0 Å². The average molecular weight is 469 g/mol. The fourth-order valence-corrected chi connectivity index (χ4v) is 4.53. The van der Waals surface area contributed by atoms with E-state index in [0.717, 1.165) is 61.0 Å². The molecule has 0 unspecified atom stereocenters. The number of nitrogens with zero attached hydrogens (tertiary/aromatic N) is 4. The molecule has 0 aliphatic heterocycles. The largest absolute Gasteiger partial charge is 0.299 e. The zero-order valence-corrected chi connectivity index (χ0v) is 18.1. The predicted molar refractivity (Wildman–Crippen MR) is 124 cm³/mol. The second kappa shape index (κ2) is 7.10. The Labute approximate surface area is 186 Å². The van der Waals surface area contributed by atoms with E-state index in [4.69, 9.17) is 15.1 Å². The van der Waals surface area contributed by atoms with Crippen LogP contribution in [0.1, 0.15) is 17.7 Å². The molecule has 2 aromatic carbocycles. The zero-order chi connectivity index (χ0) is 20.9. The van der Waals surface area contributed by atoms with Crippen molar-refractivity contribution in [2.45, 2.75) is 19.3 Å². The molecule has 5 nitrogen and oxygen atoms in total. The number of ketones is 1. The van der Waals surface area contributed by atoms with Gasteiger partial charge in [0, 0.05) is 34.5 Å². The minimum atomic E-state index is 0.248. The van der Waals surface area contributed by atoms with E-state index in [-0.39, 0.29) is 5.78 Å². The maximum Gasteiger partial charge on any atom is 0.165 e. The minimum Gasteiger partial charge on any atom is -0.299 e. The Morgan fingerprint density at radius 2 is 1.77 bits per heavy atom. The van der Waals surface area contributed by atoms with Crippen molar-refractivity contribution in [1.82, 2.24) is 19.7 Å². The number of fused-ring (bicyclic) bond motifs is 4. The first kappa shape index (κ1) is 18.4. The number of aromatic nitrogens is 4. The van der Waals surface area contributed by atoms with Crippen molar-refractivity contribution in [3.63, 3.8) is 0 Å². The van der Waals surface area contributed by atoms with Crippen LogP contribution >= 0.6 is 15.9 Å². The van der Waals surface area contributed by atoms with Gasteiger partial charge in [0.2, 0.25) is 0 Å². The van der Waals surface area contributed by atoms with Gasteiger partial charge >= 0.3 is 0 Å². The molecule has 0 saturated carbocycles. The molecule has 0 amide bonds. The first-order valence-electron chi connectivity index (χ1n) is 10.2. The first-order chi connectivity index (χ1) is 15.2. The van der Waals surface area contributed by atoms with E-state index < -0.39 is 0 Å². The minimum absolute atomic E-state index is 0.248. The topological polar surface area (TPSA) is 60.7 Å². The molecule has 1 aliphatic carbocycles. The Morgan fingerprint density at radius 3 is 2.58 bits per heavy atom. The quantitative estimate of drug-likeness (QED) is 0.345. The summed E-state index contributed by atoms with van der Waals surface area (Å²) in [4.78, 5) is 21.8. The summed E-state index contributed by atoms with van der Waals surface area (Å²) in [5, 5.41) is 6.85. The highest BCUT2D eigenvalue weighted by atomic mass is 79.9. The van der Waals surface area contributed by atoms with Crippen molar-refractivity contribution >= 4 is 43.6 Å². The third kappa shape index (κ3) is 3.06. The number of Topliss-reactive ketones (excluding diaryl/α,β-unsaturated/α-hetero) is 1. The van der Waals surface area contributed by atoms with Crippen LogP contribution in [0.2, 0.25) is 0 Å². The van der Waals surface area contributed by atoms with Gasteiger partial charge in [0.25, 0.3) is 0 Å². The SMILES string of the molecule is O=C1CCc2cc3cnc4c(c(-c5ccc(Br)cc5)nn4-c4ccccc4)c3nc2C1. The predicted octanol–water partition coefficient (Wildman–Crippen LogP) is 5.46. The zero-order valence-electron chi connectivity index (χ0n) is 16.5. The fraction of sp³-hybridized carbons (Fsp3) is 0.120. The summed E-state index contributed by atoms with van der Waals surface area (Å²) in [5.41, 5.74) is 6.40. The lowest BCUT2D eigenvalue weighted by atomic mass is 9.93. The van der Waals surface area contributed by atoms with Crippen LogP contribution < -0.4 is 0 Å². The second-order valence-electron chi connectivity index (χ2n) is 7.81. The lowest BCUT2D eigenvalue weighted by Crippen LogP contribution is -2.15. The highest BCUT2D eigenvalue weighted by Gasteiger charge is 2.22. The molecule has 1 aliphatic rings. The summed E-state index contributed by atoms with van der Waals surface area (Å²) in [6.45, 7) is 0. The molecular weight excluding hydrogens is 452 g/mol. The van der Waals surface area contributed by atoms with Gasteiger partial charge in [-0.15, -0.1) is 0 Å². The maximum atomic E-state index is 12.1. The monoisotopic (exact) mass is 468 g/mol. The average Bonchev–Trinajstić information content (AvgIpc) is 3.19. The van der Waals surface area contributed by atoms with E-state index in [0.29, 0.717) is 12.8 Å². The Morgan fingerprint density at radius 1 is 0.968 bits per heavy atom. The second-order valence-corrected chi connectivity index (χ2v) is 8.72. The number of hydrogen-bond acceptors (Lipinski definition) is 4. The molecule has 3 heterocycles. The normalized spacial score (nSPS) is 13.6. The highest BCUT2D eigenvalue weighted by Crippen LogP contribution is 2.35. The van der Waals surface area contributed by atoms with Gasteiger partial charge in [-0.2, -0.15) is 5.10 Å². The summed E-state index contributed by atoms with van der Waals surface area (Å²) in [7, 11) is 0. The molecule has 0 atom stereocenters. The van der Waals surface area contributed by atoms with Gasteiger partial charge in [-0.05, 0) is 42.3 Å². The van der Waals surface area contributed by atoms with Gasteiger partial charge in [0.1, 0.15) is 11.5 Å². The fourth-order valence-electron chi connectivity index (χ4n) is 4.26. The third-order valence-electron chi connectivity index (χ3n) is 5.80. The molecule has 0 fully saturated rings. The van der Waals surface area contributed by atoms with Crippen LogP contribution in [-0.2, 0) is 17.6 Å². The lowest BCUT2D eigenvalue weighted by molar-refractivity contribution is -0.118. The number of hydrogen-bond donors (Lipinski definition) is 0. The van der Waals surface area contributed by atoms with Crippen LogP contribution in [0.5, 0.6) is 0 Å². The molecule has 0 N–H and O–H groups in total. The van der Waals surface area contributed by atoms with Crippen molar-refractivity contribution in [1.29, 1.82) is 0 Å². The van der Waals surface area contributed by atoms with Gasteiger partial charge in [-0.3, -0.25) is 9.78 Å². The summed E-state index contributed by atoms with van der Waals surface area (Å²) in [6.07, 6.45) is 3.60. The first-order valence-corrected chi connectivity index (χ1v) is 11.0. The molecule has 31 heavy (non-hydrogen) atoms. The van der Waals surface area contributed by atoms with E-state index in [1.807, 2.05) is 65.5 Å². The van der Waals surface area contributed by atoms with Gasteiger partial charge in [-0.25, -0.2) is 9.67 Å². The molecule has 0 spiro atoms. The van der Waals surface area contributed by atoms with Crippen LogP contribution in [0.3, 0.4) is 0 Å². The van der Waals surface area contributed by atoms with Crippen molar-refractivity contribution in [3.8, 4) is 16.9 Å². The number of aryl methyl sites for hydroxylation is 1. The summed E-state index contributed by atoms with van der Waals surface area (Å²) >= 11 is 3.51. The molecular formula is C25H17BrN4O. The molecule has 5 aromatic rings. The van der Waals surface area contributed by atoms with Crippen molar-refractivity contribution in [2.24, 2.45) is 0 Å². The number of rotatable bonds is 2. The van der Waals surface area contributed by atoms with Gasteiger partial charge < -0.3 is 0 Å². The third-order valence-corrected chi connectivity index (χ3v) is 6.33. The van der Waals surface area contributed by atoms with E-state index in [2.05, 4.69) is 22.0 Å². The Kier molecular flexibility index (Phi) is 4.21. The highest BCUT2D eigenvalue weighted by molar-refractivity contribution is 9.10. The van der Waals surface area contributed by atoms with Crippen molar-refractivity contribution in [2.75, 3.05) is 0 Å². The van der Waals surface area contributed by atoms with Crippen LogP contribution in [0.4, 0.5) is 0 Å². The van der Waals surface area contributed by atoms with Gasteiger partial charge in [-0.1, -0.05) is 46.3 Å². The standard InChI is InChI=1S/C25H17BrN4O/c26-18-9-6-15(7-10-18)24-22-23-17(12-16-8-11-20(31)13-21(16)28-23)14-27-25(22)30(29-24)19-4-2-1-3-5-19/h1-7,9-10,12,14H,8,11,13H2. The van der Waals surface area contributed by atoms with E-state index in [9.17, 15) is 4.79 Å². The van der Waals surface area contributed by atoms with Gasteiger partial charge in [0.05, 0.1) is 22.3 Å². The van der Waals surface area contributed by atoms with Crippen molar-refractivity contribution in [3.05, 3.63) is 82.6 Å². The molecule has 0 saturated heterocycles. The molecule has 150 valence electrons. The number of benzene rings is 2. The summed E-state index contributed by atoms with van der Waals surface area (Å²) in [5.74, 6) is 0.248. The summed E-state index contributed by atoms with van der Waals surface area (Å²) < 4.78 is 2.88. The number of halogens is 1. The number of para-hydroxylation sites is 1. The molecule has 6 heteroatoms. The van der Waals surface area contributed by atoms with Crippen LogP contribution in [0.15, 0.2) is 71.3 Å². The van der Waals surface area contributed by atoms with E-state index in [1.165, 1.54) is 0 Å². The Bertz CT molecular complexity index is 1470. The lowest BCUT2D eigenvalue weighted by Gasteiger charge is -2.15. The Balaban J connectivity index is 1.71. The number of carbonyl (C=O) groups is 1. The number of carbonyl (C=O) groups excluding carboxylic acids is 1. The van der Waals surface area contributed by atoms with Crippen molar-refractivity contribution < 1.29 is 4.79 Å². The Hall–Kier alpha value is -3.38. The van der Waals surface area contributed by atoms with E-state index in [1.54, 1.807) is 0 Å². The summed E-state index contributed by atoms with van der Waals surface area (Å²) in [6, 6.07) is 20.2. The van der Waals surface area contributed by atoms with Crippen LogP contribution in [0.25, 0.3) is 38.9 Å². The maximum absolute atomic E-state index is 12.1. The number of pyridine rings is 2. The van der Waals surface area contributed by atoms with Crippen LogP contribution in [-0.4, -0.2) is 25.5 Å². The smallest absolute Gasteiger partial charge is 0.165 e. The molecule has 6 rings (SSSR count). The van der Waals surface area contributed by atoms with Crippen LogP contribution in [0, 0.1) is 0 Å².